The number of hydrogen-bond donors (Lipinski definition) is 3. The van der Waals surface area contributed by atoms with Gasteiger partial charge in [0.15, 0.2) is 11.6 Å². The first-order valence-electron chi connectivity index (χ1n) is 13.7. The van der Waals surface area contributed by atoms with Crippen LogP contribution in [0.5, 0.6) is 11.6 Å². The number of nitrogen functional groups attached to an aromatic ring is 1. The van der Waals surface area contributed by atoms with Crippen LogP contribution in [0, 0.1) is 25.5 Å². The molecular formula is C30H28F2N6O5S. The lowest BCUT2D eigenvalue weighted by atomic mass is 10.1. The van der Waals surface area contributed by atoms with Crippen LogP contribution in [0.4, 0.5) is 20.3 Å². The molecule has 4 heterocycles. The number of H-pyrrole nitrogens is 1. The van der Waals surface area contributed by atoms with Gasteiger partial charge in [0.25, 0.3) is 0 Å². The third-order valence-electron chi connectivity index (χ3n) is 7.53. The average molecular weight is 623 g/mol. The summed E-state index contributed by atoms with van der Waals surface area (Å²) in [6, 6.07) is 9.97. The fraction of sp³-hybridized carbons (Fsp3) is 0.233. The molecule has 1 fully saturated rings. The molecule has 0 radical (unpaired) electrons. The quantitative estimate of drug-likeness (QED) is 0.200. The van der Waals surface area contributed by atoms with Crippen molar-refractivity contribution in [1.29, 1.82) is 0 Å². The third-order valence-corrected chi connectivity index (χ3v) is 9.39. The van der Waals surface area contributed by atoms with Crippen LogP contribution in [0.2, 0.25) is 0 Å². The second kappa shape index (κ2) is 11.4. The van der Waals surface area contributed by atoms with Crippen molar-refractivity contribution >= 4 is 38.2 Å². The smallest absolute Gasteiger partial charge is 0.235 e. The Kier molecular flexibility index (Phi) is 7.55. The number of pyridine rings is 1. The highest BCUT2D eigenvalue weighted by Gasteiger charge is 2.28. The zero-order chi connectivity index (χ0) is 31.2. The summed E-state index contributed by atoms with van der Waals surface area (Å²) in [6.45, 7) is 4.30. The van der Waals surface area contributed by atoms with Crippen LogP contribution < -0.4 is 15.2 Å². The Morgan fingerprint density at radius 2 is 1.82 bits per heavy atom. The number of hydrogen-bond acceptors (Lipinski definition) is 8. The zero-order valence-electron chi connectivity index (χ0n) is 23.7. The number of aryl methyl sites for hydroxylation is 2. The molecule has 3 aromatic heterocycles. The van der Waals surface area contributed by atoms with Gasteiger partial charge in [0.2, 0.25) is 27.4 Å². The summed E-state index contributed by atoms with van der Waals surface area (Å²) >= 11 is 0. The minimum atomic E-state index is -3.62. The Hall–Kier alpha value is -4.82. The number of ketones is 1. The van der Waals surface area contributed by atoms with Gasteiger partial charge in [0.05, 0.1) is 40.3 Å². The Bertz CT molecular complexity index is 2000. The van der Waals surface area contributed by atoms with E-state index in [0.29, 0.717) is 59.5 Å². The molecule has 0 aliphatic carbocycles. The van der Waals surface area contributed by atoms with Crippen molar-refractivity contribution in [3.05, 3.63) is 88.9 Å². The molecule has 228 valence electrons. The largest absolute Gasteiger partial charge is 0.433 e. The number of fused-ring (bicyclic) bond motifs is 1. The van der Waals surface area contributed by atoms with E-state index in [0.717, 1.165) is 12.1 Å². The van der Waals surface area contributed by atoms with Crippen LogP contribution in [0.15, 0.2) is 54.9 Å². The lowest BCUT2D eigenvalue weighted by Crippen LogP contribution is -2.33. The Morgan fingerprint density at radius 3 is 2.52 bits per heavy atom. The average Bonchev–Trinajstić information content (AvgIpc) is 3.58. The first-order valence-corrected chi connectivity index (χ1v) is 15.3. The first-order chi connectivity index (χ1) is 21.0. The normalized spacial score (nSPS) is 14.2. The van der Waals surface area contributed by atoms with Crippen LogP contribution in [0.25, 0.3) is 16.6 Å². The Labute approximate surface area is 251 Å². The summed E-state index contributed by atoms with van der Waals surface area (Å²) in [6.07, 6.45) is 3.55. The summed E-state index contributed by atoms with van der Waals surface area (Å²) in [5, 5.41) is 4.45. The standard InChI is InChI=1S/C30H28F2N6O5S/c1-16-10-18-12-25(36-24(18)13-23(16)37-44(40,41)19-6-8-42-9-7-19)28(39)20-14-35-38(30(20)33)26-15-34-27(11-17(26)2)43-29-21(31)4-3-5-22(29)32/h3-5,10-15,19,36-37H,6-9,33H2,1-2H3. The van der Waals surface area contributed by atoms with E-state index in [2.05, 4.69) is 19.8 Å². The van der Waals surface area contributed by atoms with E-state index in [4.69, 9.17) is 15.2 Å². The maximum Gasteiger partial charge on any atom is 0.235 e. The summed E-state index contributed by atoms with van der Waals surface area (Å²) in [7, 11) is -3.62. The highest BCUT2D eigenvalue weighted by atomic mass is 32.2. The molecule has 4 N–H and O–H groups in total. The summed E-state index contributed by atoms with van der Waals surface area (Å²) < 4.78 is 68.6. The van der Waals surface area contributed by atoms with Crippen molar-refractivity contribution in [1.82, 2.24) is 19.7 Å². The van der Waals surface area contributed by atoms with Gasteiger partial charge in [0.1, 0.15) is 5.82 Å². The van der Waals surface area contributed by atoms with Gasteiger partial charge in [-0.3, -0.25) is 9.52 Å². The number of aromatic amines is 1. The van der Waals surface area contributed by atoms with Crippen molar-refractivity contribution in [3.8, 4) is 17.3 Å². The number of benzene rings is 2. The molecule has 11 nitrogen and oxygen atoms in total. The molecule has 0 atom stereocenters. The van der Waals surface area contributed by atoms with Gasteiger partial charge in [-0.15, -0.1) is 0 Å². The van der Waals surface area contributed by atoms with Gasteiger partial charge in [-0.25, -0.2) is 26.9 Å². The fourth-order valence-corrected chi connectivity index (χ4v) is 6.61. The maximum absolute atomic E-state index is 14.0. The number of para-hydroxylation sites is 1. The fourth-order valence-electron chi connectivity index (χ4n) is 5.10. The first kappa shape index (κ1) is 29.3. The van der Waals surface area contributed by atoms with E-state index in [-0.39, 0.29) is 23.0 Å². The summed E-state index contributed by atoms with van der Waals surface area (Å²) in [5.41, 5.74) is 9.39. The number of sulfonamides is 1. The van der Waals surface area contributed by atoms with Crippen molar-refractivity contribution < 1.29 is 31.5 Å². The molecule has 0 spiro atoms. The van der Waals surface area contributed by atoms with Gasteiger partial charge in [-0.2, -0.15) is 5.10 Å². The topological polar surface area (TPSA) is 154 Å². The maximum atomic E-state index is 14.0. The SMILES string of the molecule is Cc1cc2cc(C(=O)c3cnn(-c4cnc(Oc5c(F)cccc5F)cc4C)c3N)[nH]c2cc1NS(=O)(=O)C1CCOCC1. The minimum Gasteiger partial charge on any atom is -0.433 e. The van der Waals surface area contributed by atoms with E-state index >= 15 is 0 Å². The molecule has 1 aliphatic heterocycles. The molecule has 0 bridgehead atoms. The minimum absolute atomic E-state index is 0.0416. The van der Waals surface area contributed by atoms with E-state index in [1.165, 1.54) is 29.2 Å². The van der Waals surface area contributed by atoms with Crippen molar-refractivity contribution in [3.63, 3.8) is 0 Å². The highest BCUT2D eigenvalue weighted by Crippen LogP contribution is 2.31. The Morgan fingerprint density at radius 1 is 1.09 bits per heavy atom. The molecule has 1 aliphatic rings. The van der Waals surface area contributed by atoms with Crippen molar-refractivity contribution in [2.45, 2.75) is 31.9 Å². The van der Waals surface area contributed by atoms with E-state index in [1.807, 2.05) is 0 Å². The van der Waals surface area contributed by atoms with Crippen LogP contribution >= 0.6 is 0 Å². The molecule has 6 rings (SSSR count). The molecule has 0 unspecified atom stereocenters. The van der Waals surface area contributed by atoms with Crippen molar-refractivity contribution in [2.75, 3.05) is 23.7 Å². The molecule has 44 heavy (non-hydrogen) atoms. The highest BCUT2D eigenvalue weighted by molar-refractivity contribution is 7.93. The van der Waals surface area contributed by atoms with Gasteiger partial charge in [-0.1, -0.05) is 6.07 Å². The van der Waals surface area contributed by atoms with Crippen LogP contribution in [-0.4, -0.2) is 52.4 Å². The number of halogens is 2. The van der Waals surface area contributed by atoms with Gasteiger partial charge in [-0.05, 0) is 68.1 Å². The molecule has 2 aromatic carbocycles. The summed E-state index contributed by atoms with van der Waals surface area (Å²) in [5.74, 6) is -2.72. The van der Waals surface area contributed by atoms with Crippen LogP contribution in [0.3, 0.4) is 0 Å². The van der Waals surface area contributed by atoms with Crippen LogP contribution in [-0.2, 0) is 14.8 Å². The number of nitrogens with one attached hydrogen (secondary N) is 2. The van der Waals surface area contributed by atoms with Gasteiger partial charge >= 0.3 is 0 Å². The number of rotatable bonds is 8. The number of aromatic nitrogens is 4. The molecule has 0 saturated carbocycles. The van der Waals surface area contributed by atoms with E-state index in [1.54, 1.807) is 32.0 Å². The molecular weight excluding hydrogens is 594 g/mol. The molecule has 0 amide bonds. The zero-order valence-corrected chi connectivity index (χ0v) is 24.5. The summed E-state index contributed by atoms with van der Waals surface area (Å²) in [4.78, 5) is 20.7. The number of anilines is 2. The predicted octanol–water partition coefficient (Wildman–Crippen LogP) is 5.17. The van der Waals surface area contributed by atoms with E-state index in [9.17, 15) is 22.0 Å². The number of carbonyl (C=O) groups is 1. The predicted molar refractivity (Wildman–Crippen MR) is 160 cm³/mol. The third kappa shape index (κ3) is 5.49. The molecule has 14 heteroatoms. The molecule has 1 saturated heterocycles. The van der Waals surface area contributed by atoms with Crippen LogP contribution in [0.1, 0.15) is 40.0 Å². The Balaban J connectivity index is 1.24. The van der Waals surface area contributed by atoms with Crippen molar-refractivity contribution in [2.24, 2.45) is 0 Å². The van der Waals surface area contributed by atoms with Gasteiger partial charge in [0, 0.05) is 30.2 Å². The number of carbonyl (C=O) groups excluding carboxylic acids is 1. The van der Waals surface area contributed by atoms with E-state index < -0.39 is 38.4 Å². The second-order valence-corrected chi connectivity index (χ2v) is 12.5. The monoisotopic (exact) mass is 622 g/mol. The van der Waals surface area contributed by atoms with Gasteiger partial charge < -0.3 is 20.2 Å². The lowest BCUT2D eigenvalue weighted by molar-refractivity contribution is 0.0984. The number of nitrogens with zero attached hydrogens (tertiary/aromatic N) is 3. The number of ether oxygens (including phenoxy) is 2. The molecule has 5 aromatic rings. The second-order valence-electron chi connectivity index (χ2n) is 10.5. The number of nitrogens with two attached hydrogens (primary N) is 1. The lowest BCUT2D eigenvalue weighted by Gasteiger charge is -2.23.